The van der Waals surface area contributed by atoms with Gasteiger partial charge in [0.25, 0.3) is 0 Å². The van der Waals surface area contributed by atoms with E-state index in [0.717, 1.165) is 0 Å². The van der Waals surface area contributed by atoms with Crippen molar-refractivity contribution in [3.63, 3.8) is 0 Å². The standard InChI is InChI=1S/C11H15N3O3/c1-7-5-14(6-8(7)11(15)16)9-3-12-4-10(13-9)17-2/h3-4,7-8H,5-6H2,1-2H3,(H,15,16). The van der Waals surface area contributed by atoms with Crippen LogP contribution >= 0.6 is 0 Å². The van der Waals surface area contributed by atoms with Gasteiger partial charge >= 0.3 is 5.97 Å². The van der Waals surface area contributed by atoms with Gasteiger partial charge in [-0.15, -0.1) is 0 Å². The molecule has 1 saturated heterocycles. The summed E-state index contributed by atoms with van der Waals surface area (Å²) in [6.45, 7) is 3.09. The fraction of sp³-hybridized carbons (Fsp3) is 0.545. The van der Waals surface area contributed by atoms with Crippen molar-refractivity contribution in [1.82, 2.24) is 9.97 Å². The molecule has 0 saturated carbocycles. The summed E-state index contributed by atoms with van der Waals surface area (Å²) < 4.78 is 5.00. The van der Waals surface area contributed by atoms with Crippen molar-refractivity contribution < 1.29 is 14.6 Å². The first kappa shape index (κ1) is 11.6. The monoisotopic (exact) mass is 237 g/mol. The molecule has 1 aliphatic heterocycles. The Labute approximate surface area is 99.2 Å². The molecule has 0 bridgehead atoms. The van der Waals surface area contributed by atoms with Crippen molar-refractivity contribution in [2.24, 2.45) is 11.8 Å². The zero-order valence-electron chi connectivity index (χ0n) is 9.83. The van der Waals surface area contributed by atoms with Crippen molar-refractivity contribution in [1.29, 1.82) is 0 Å². The Morgan fingerprint density at radius 1 is 1.53 bits per heavy atom. The topological polar surface area (TPSA) is 75.5 Å². The van der Waals surface area contributed by atoms with Crippen LogP contribution < -0.4 is 9.64 Å². The highest BCUT2D eigenvalue weighted by molar-refractivity contribution is 5.72. The maximum Gasteiger partial charge on any atom is 0.308 e. The largest absolute Gasteiger partial charge is 0.481 e. The lowest BCUT2D eigenvalue weighted by molar-refractivity contribution is -0.142. The number of ether oxygens (including phenoxy) is 1. The normalized spacial score (nSPS) is 23.8. The second-order valence-corrected chi connectivity index (χ2v) is 4.25. The van der Waals surface area contributed by atoms with Gasteiger partial charge in [-0.25, -0.2) is 0 Å². The molecule has 6 heteroatoms. The molecular formula is C11H15N3O3. The van der Waals surface area contributed by atoms with E-state index in [-0.39, 0.29) is 11.8 Å². The highest BCUT2D eigenvalue weighted by Crippen LogP contribution is 2.27. The Morgan fingerprint density at radius 3 is 2.88 bits per heavy atom. The molecule has 0 radical (unpaired) electrons. The first-order chi connectivity index (χ1) is 8.11. The van der Waals surface area contributed by atoms with Crippen LogP contribution in [0.2, 0.25) is 0 Å². The molecule has 2 rings (SSSR count). The Hall–Kier alpha value is -1.85. The molecule has 2 atom stereocenters. The number of anilines is 1. The van der Waals surface area contributed by atoms with E-state index >= 15 is 0 Å². The van der Waals surface area contributed by atoms with Crippen molar-refractivity contribution in [3.8, 4) is 5.88 Å². The Morgan fingerprint density at radius 2 is 2.29 bits per heavy atom. The minimum absolute atomic E-state index is 0.112. The second kappa shape index (κ2) is 4.57. The molecule has 0 amide bonds. The van der Waals surface area contributed by atoms with Gasteiger partial charge in [0.15, 0.2) is 5.82 Å². The number of nitrogens with zero attached hydrogens (tertiary/aromatic N) is 3. The van der Waals surface area contributed by atoms with Crippen LogP contribution in [-0.2, 0) is 4.79 Å². The van der Waals surface area contributed by atoms with Crippen molar-refractivity contribution >= 4 is 11.8 Å². The van der Waals surface area contributed by atoms with Crippen LogP contribution in [0.5, 0.6) is 5.88 Å². The maximum absolute atomic E-state index is 11.0. The fourth-order valence-electron chi connectivity index (χ4n) is 2.06. The highest BCUT2D eigenvalue weighted by Gasteiger charge is 2.35. The van der Waals surface area contributed by atoms with Crippen molar-refractivity contribution in [2.45, 2.75) is 6.92 Å². The van der Waals surface area contributed by atoms with Crippen molar-refractivity contribution in [2.75, 3.05) is 25.1 Å². The predicted molar refractivity (Wildman–Crippen MR) is 61.1 cm³/mol. The van der Waals surface area contributed by atoms with Crippen LogP contribution in [0.15, 0.2) is 12.4 Å². The third-order valence-electron chi connectivity index (χ3n) is 3.06. The van der Waals surface area contributed by atoms with Gasteiger partial charge in [-0.1, -0.05) is 6.92 Å². The summed E-state index contributed by atoms with van der Waals surface area (Å²) in [5.41, 5.74) is 0. The van der Waals surface area contributed by atoms with Gasteiger partial charge in [-0.05, 0) is 5.92 Å². The molecule has 0 aromatic carbocycles. The Kier molecular flexibility index (Phi) is 3.12. The molecule has 1 N–H and O–H groups in total. The van der Waals surface area contributed by atoms with Gasteiger partial charge in [-0.2, -0.15) is 4.98 Å². The number of aliphatic carboxylic acids is 1. The second-order valence-electron chi connectivity index (χ2n) is 4.25. The fourth-order valence-corrected chi connectivity index (χ4v) is 2.06. The van der Waals surface area contributed by atoms with E-state index in [1.165, 1.54) is 13.3 Å². The van der Waals surface area contributed by atoms with Gasteiger partial charge < -0.3 is 14.7 Å². The van der Waals surface area contributed by atoms with Gasteiger partial charge in [-0.3, -0.25) is 9.78 Å². The van der Waals surface area contributed by atoms with Crippen LogP contribution in [0.4, 0.5) is 5.82 Å². The first-order valence-electron chi connectivity index (χ1n) is 5.45. The summed E-state index contributed by atoms with van der Waals surface area (Å²) >= 11 is 0. The number of carbonyl (C=O) groups is 1. The van der Waals surface area contributed by atoms with E-state index in [2.05, 4.69) is 9.97 Å². The van der Waals surface area contributed by atoms with Crippen molar-refractivity contribution in [3.05, 3.63) is 12.4 Å². The minimum Gasteiger partial charge on any atom is -0.481 e. The predicted octanol–water partition coefficient (Wildman–Crippen LogP) is 0.642. The van der Waals surface area contributed by atoms with E-state index in [1.54, 1.807) is 6.20 Å². The average Bonchev–Trinajstić information content (AvgIpc) is 2.71. The molecule has 1 fully saturated rings. The molecule has 1 aliphatic rings. The van der Waals surface area contributed by atoms with E-state index in [0.29, 0.717) is 24.8 Å². The zero-order valence-corrected chi connectivity index (χ0v) is 9.83. The molecular weight excluding hydrogens is 222 g/mol. The number of rotatable bonds is 3. The van der Waals surface area contributed by atoms with Crippen LogP contribution in [0.1, 0.15) is 6.92 Å². The van der Waals surface area contributed by atoms with Gasteiger partial charge in [0.05, 0.1) is 25.4 Å². The van der Waals surface area contributed by atoms with Crippen LogP contribution in [0.25, 0.3) is 0 Å². The third-order valence-corrected chi connectivity index (χ3v) is 3.06. The third kappa shape index (κ3) is 2.30. The summed E-state index contributed by atoms with van der Waals surface area (Å²) in [6.07, 6.45) is 3.15. The molecule has 17 heavy (non-hydrogen) atoms. The van der Waals surface area contributed by atoms with Crippen LogP contribution in [-0.4, -0.2) is 41.2 Å². The average molecular weight is 237 g/mol. The molecule has 92 valence electrons. The molecule has 0 aliphatic carbocycles. The number of carboxylic acids is 1. The molecule has 2 unspecified atom stereocenters. The summed E-state index contributed by atoms with van der Waals surface area (Å²) in [5.74, 6) is 0.119. The zero-order chi connectivity index (χ0) is 12.4. The van der Waals surface area contributed by atoms with Crippen LogP contribution in [0.3, 0.4) is 0 Å². The first-order valence-corrected chi connectivity index (χ1v) is 5.45. The Balaban J connectivity index is 2.16. The minimum atomic E-state index is -0.754. The summed E-state index contributed by atoms with van der Waals surface area (Å²) in [5, 5.41) is 9.06. The van der Waals surface area contributed by atoms with E-state index in [4.69, 9.17) is 9.84 Å². The summed E-state index contributed by atoms with van der Waals surface area (Å²) in [4.78, 5) is 21.2. The number of hydrogen-bond donors (Lipinski definition) is 1. The quantitative estimate of drug-likeness (QED) is 0.831. The van der Waals surface area contributed by atoms with Gasteiger partial charge in [0, 0.05) is 13.1 Å². The molecule has 1 aromatic rings. The van der Waals surface area contributed by atoms with Crippen LogP contribution in [0, 0.1) is 11.8 Å². The molecule has 1 aromatic heterocycles. The van der Waals surface area contributed by atoms with E-state index < -0.39 is 5.97 Å². The highest BCUT2D eigenvalue weighted by atomic mass is 16.5. The molecule has 2 heterocycles. The lowest BCUT2D eigenvalue weighted by Crippen LogP contribution is -2.23. The maximum atomic E-state index is 11.0. The van der Waals surface area contributed by atoms with E-state index in [9.17, 15) is 4.79 Å². The smallest absolute Gasteiger partial charge is 0.308 e. The van der Waals surface area contributed by atoms with Gasteiger partial charge in [0.2, 0.25) is 5.88 Å². The molecule has 6 nitrogen and oxygen atoms in total. The Bertz CT molecular complexity index is 424. The summed E-state index contributed by atoms with van der Waals surface area (Å²) in [7, 11) is 1.53. The summed E-state index contributed by atoms with van der Waals surface area (Å²) in [6, 6.07) is 0. The lowest BCUT2D eigenvalue weighted by atomic mass is 9.99. The lowest BCUT2D eigenvalue weighted by Gasteiger charge is -2.16. The SMILES string of the molecule is COc1cncc(N2CC(C)C(C(=O)O)C2)n1. The number of carboxylic acid groups (broad SMARTS) is 1. The number of methoxy groups -OCH3 is 1. The molecule has 0 spiro atoms. The number of hydrogen-bond acceptors (Lipinski definition) is 5. The van der Waals surface area contributed by atoms with E-state index in [1.807, 2.05) is 11.8 Å². The van der Waals surface area contributed by atoms with Gasteiger partial charge in [0.1, 0.15) is 0 Å². The number of aromatic nitrogens is 2.